The summed E-state index contributed by atoms with van der Waals surface area (Å²) in [4.78, 5) is 29.1. The van der Waals surface area contributed by atoms with Gasteiger partial charge < -0.3 is 35.7 Å². The van der Waals surface area contributed by atoms with E-state index in [4.69, 9.17) is 9.47 Å². The molecule has 2 heterocycles. The van der Waals surface area contributed by atoms with Crippen molar-refractivity contribution < 1.29 is 45.3 Å². The van der Waals surface area contributed by atoms with Gasteiger partial charge in [0.05, 0.1) is 18.2 Å². The van der Waals surface area contributed by atoms with Crippen molar-refractivity contribution in [2.75, 3.05) is 19.6 Å². The van der Waals surface area contributed by atoms with Crippen molar-refractivity contribution >= 4 is 24.2 Å². The third-order valence-corrected chi connectivity index (χ3v) is 10.2. The molecule has 2 aliphatic carbocycles. The Morgan fingerprint density at radius 1 is 1.13 bits per heavy atom. The average Bonchev–Trinajstić information content (AvgIpc) is 2.79. The van der Waals surface area contributed by atoms with E-state index in [1.54, 1.807) is 13.8 Å². The molecule has 39 heavy (non-hydrogen) atoms. The molecule has 4 fully saturated rings. The fourth-order valence-electron chi connectivity index (χ4n) is 8.00. The van der Waals surface area contributed by atoms with E-state index in [2.05, 4.69) is 18.4 Å². The van der Waals surface area contributed by atoms with Gasteiger partial charge >= 0.3 is 5.97 Å². The molecule has 0 aromatic carbocycles. The van der Waals surface area contributed by atoms with Crippen LogP contribution in [-0.2, 0) is 19.1 Å². The van der Waals surface area contributed by atoms with Crippen LogP contribution >= 0.6 is 12.4 Å². The summed E-state index contributed by atoms with van der Waals surface area (Å²) in [5.74, 6) is -1.03. The Hall–Kier alpha value is -1.11. The van der Waals surface area contributed by atoms with Gasteiger partial charge in [-0.1, -0.05) is 33.8 Å². The number of halogens is 1. The highest BCUT2D eigenvalue weighted by Crippen LogP contribution is 2.67. The van der Waals surface area contributed by atoms with Gasteiger partial charge in [0.25, 0.3) is 0 Å². The van der Waals surface area contributed by atoms with E-state index in [1.165, 1.54) is 13.0 Å². The van der Waals surface area contributed by atoms with Crippen molar-refractivity contribution in [3.8, 4) is 0 Å². The third kappa shape index (κ3) is 5.20. The van der Waals surface area contributed by atoms with Crippen molar-refractivity contribution in [1.29, 1.82) is 0 Å². The van der Waals surface area contributed by atoms with Crippen LogP contribution in [0.1, 0.15) is 73.6 Å². The standard InChI is InChI=1S/C28H45NO7.ClH.2H2O/c1-8-25(5)15-19(31)28(34)26(6)18(30)9-12-24(3,4)22(26)21(23(33)27(28,7)36-25)35-20(32)16-29-13-10-17(2)11-14-29;;;/h8,17-18,21-23,30,33-34H,1,9-16H2,2-7H3;1H;2*1H2/t18-,21-,22-,23-,25-,26-,27+,28-;;;/m0.../s1. The molecule has 2 saturated carbocycles. The number of rotatable bonds is 4. The highest BCUT2D eigenvalue weighted by atomic mass is 35.5. The predicted octanol–water partition coefficient (Wildman–Crippen LogP) is 1.00. The summed E-state index contributed by atoms with van der Waals surface area (Å²) in [6.07, 6.45) is 0.705. The van der Waals surface area contributed by atoms with E-state index in [-0.39, 0.29) is 36.3 Å². The smallest absolute Gasteiger partial charge is 0.320 e. The first-order chi connectivity index (χ1) is 16.6. The number of aliphatic hydroxyl groups excluding tert-OH is 2. The minimum atomic E-state index is -2.20. The molecule has 2 saturated heterocycles. The minimum absolute atomic E-state index is 0. The van der Waals surface area contributed by atoms with Gasteiger partial charge in [-0.3, -0.25) is 14.5 Å². The molecule has 0 aromatic heterocycles. The molecule has 10 nitrogen and oxygen atoms in total. The first-order valence-electron chi connectivity index (χ1n) is 13.4. The molecule has 2 aliphatic heterocycles. The molecule has 4 aliphatic rings. The molecule has 0 aromatic rings. The zero-order chi connectivity index (χ0) is 26.9. The lowest BCUT2D eigenvalue weighted by Crippen LogP contribution is -2.86. The van der Waals surface area contributed by atoms with E-state index in [0.29, 0.717) is 18.8 Å². The minimum Gasteiger partial charge on any atom is -0.458 e. The number of hydrogen-bond acceptors (Lipinski definition) is 8. The Bertz CT molecular complexity index is 925. The third-order valence-electron chi connectivity index (χ3n) is 10.2. The maximum Gasteiger partial charge on any atom is 0.320 e. The average molecular weight is 580 g/mol. The van der Waals surface area contributed by atoms with Crippen LogP contribution in [0.25, 0.3) is 0 Å². The molecule has 7 N–H and O–H groups in total. The normalized spacial score (nSPS) is 43.9. The first kappa shape index (κ1) is 35.9. The molecular weight excluding hydrogens is 530 g/mol. The lowest BCUT2D eigenvalue weighted by molar-refractivity contribution is -0.370. The van der Waals surface area contributed by atoms with Gasteiger partial charge in [-0.15, -0.1) is 19.0 Å². The van der Waals surface area contributed by atoms with Crippen LogP contribution in [0.3, 0.4) is 0 Å². The lowest BCUT2D eigenvalue weighted by Gasteiger charge is -2.71. The number of ether oxygens (including phenoxy) is 2. The highest BCUT2D eigenvalue weighted by Gasteiger charge is 2.81. The Morgan fingerprint density at radius 2 is 1.69 bits per heavy atom. The van der Waals surface area contributed by atoms with Crippen molar-refractivity contribution in [3.63, 3.8) is 0 Å². The van der Waals surface area contributed by atoms with E-state index in [9.17, 15) is 24.9 Å². The molecular formula is C28H50ClNO9. The molecule has 0 radical (unpaired) electrons. The van der Waals surface area contributed by atoms with Gasteiger partial charge in [0.2, 0.25) is 0 Å². The van der Waals surface area contributed by atoms with Gasteiger partial charge in [0.1, 0.15) is 17.8 Å². The van der Waals surface area contributed by atoms with Crippen LogP contribution in [0.2, 0.25) is 0 Å². The number of fused-ring (bicyclic) bond motifs is 3. The number of hydrogen-bond donors (Lipinski definition) is 3. The van der Waals surface area contributed by atoms with Crippen molar-refractivity contribution in [2.45, 2.75) is 109 Å². The summed E-state index contributed by atoms with van der Waals surface area (Å²) >= 11 is 0. The number of nitrogens with zero attached hydrogens (tertiary/aromatic N) is 1. The second-order valence-electron chi connectivity index (χ2n) is 13.2. The maximum absolute atomic E-state index is 13.8. The molecule has 4 rings (SSSR count). The summed E-state index contributed by atoms with van der Waals surface area (Å²) in [7, 11) is 0. The first-order valence-corrected chi connectivity index (χ1v) is 13.4. The summed E-state index contributed by atoms with van der Waals surface area (Å²) in [5, 5.41) is 35.6. The number of esters is 1. The van der Waals surface area contributed by atoms with E-state index >= 15 is 0 Å². The zero-order valence-electron chi connectivity index (χ0n) is 24.2. The van der Waals surface area contributed by atoms with Gasteiger partial charge in [-0.25, -0.2) is 0 Å². The Morgan fingerprint density at radius 3 is 2.23 bits per heavy atom. The van der Waals surface area contributed by atoms with Crippen LogP contribution in [0.4, 0.5) is 0 Å². The van der Waals surface area contributed by atoms with Crippen molar-refractivity contribution in [2.24, 2.45) is 22.7 Å². The Labute approximate surface area is 238 Å². The largest absolute Gasteiger partial charge is 0.458 e. The molecule has 0 unspecified atom stereocenters. The Balaban J connectivity index is 0.00000253. The molecule has 228 valence electrons. The number of carbonyl (C=O) groups is 2. The second kappa shape index (κ2) is 11.6. The molecule has 0 bridgehead atoms. The van der Waals surface area contributed by atoms with Crippen molar-refractivity contribution in [1.82, 2.24) is 4.90 Å². The summed E-state index contributed by atoms with van der Waals surface area (Å²) in [6.45, 7) is 16.6. The molecule has 0 amide bonds. The quantitative estimate of drug-likeness (QED) is 0.326. The summed E-state index contributed by atoms with van der Waals surface area (Å²) in [5.41, 5.74) is -7.13. The maximum atomic E-state index is 13.8. The number of aliphatic hydroxyl groups is 3. The number of piperidine rings is 1. The van der Waals surface area contributed by atoms with Crippen LogP contribution in [0, 0.1) is 22.7 Å². The number of likely N-dealkylation sites (tertiary alicyclic amines) is 1. The molecule has 8 atom stereocenters. The lowest BCUT2D eigenvalue weighted by atomic mass is 9.40. The highest BCUT2D eigenvalue weighted by molar-refractivity contribution is 5.92. The number of Topliss-reactive ketones (excluding diaryl/α,β-unsaturated/α-hetero) is 1. The molecule has 11 heteroatoms. The molecule has 0 spiro atoms. The van der Waals surface area contributed by atoms with Gasteiger partial charge in [0, 0.05) is 17.8 Å². The van der Waals surface area contributed by atoms with Crippen LogP contribution < -0.4 is 0 Å². The second-order valence-corrected chi connectivity index (χ2v) is 13.2. The van der Waals surface area contributed by atoms with Gasteiger partial charge in [0.15, 0.2) is 11.4 Å². The monoisotopic (exact) mass is 579 g/mol. The van der Waals surface area contributed by atoms with Crippen LogP contribution in [-0.4, -0.2) is 97.7 Å². The van der Waals surface area contributed by atoms with Crippen molar-refractivity contribution in [3.05, 3.63) is 12.7 Å². The van der Waals surface area contributed by atoms with E-state index in [0.717, 1.165) is 25.9 Å². The SMILES string of the molecule is C=C[C@@]1(C)CC(=O)[C@]2(O)[C@@]3(C)[C@@H](O)CCC(C)(C)[C@@H]3[C@H](OC(=O)CN3CCC(C)CC3)[C@H](O)[C@@]2(C)O1.Cl.O.O. The topological polar surface area (TPSA) is 180 Å². The summed E-state index contributed by atoms with van der Waals surface area (Å²) in [6, 6.07) is 0. The Kier molecular flexibility index (Phi) is 10.7. The van der Waals surface area contributed by atoms with Gasteiger partial charge in [-0.2, -0.15) is 0 Å². The van der Waals surface area contributed by atoms with Crippen LogP contribution in [0.5, 0.6) is 0 Å². The fraction of sp³-hybridized carbons (Fsp3) is 0.857. The number of carbonyl (C=O) groups excluding carboxylic acids is 2. The van der Waals surface area contributed by atoms with E-state index < -0.39 is 63.6 Å². The van der Waals surface area contributed by atoms with E-state index in [1.807, 2.05) is 13.8 Å². The fourth-order valence-corrected chi connectivity index (χ4v) is 8.00. The van der Waals surface area contributed by atoms with Gasteiger partial charge in [-0.05, 0) is 64.0 Å². The zero-order valence-corrected chi connectivity index (χ0v) is 25.0. The van der Waals surface area contributed by atoms with Crippen LogP contribution in [0.15, 0.2) is 12.7 Å². The number of ketones is 1. The summed E-state index contributed by atoms with van der Waals surface area (Å²) < 4.78 is 12.4. The predicted molar refractivity (Wildman–Crippen MR) is 148 cm³/mol.